The van der Waals surface area contributed by atoms with E-state index in [2.05, 4.69) is 20.8 Å². The maximum atomic E-state index is 5.60. The largest absolute Gasteiger partial charge is 0.494 e. The lowest BCUT2D eigenvalue weighted by Gasteiger charge is -2.13. The Morgan fingerprint density at radius 3 is 2.68 bits per heavy atom. The number of hydrogen-bond donors (Lipinski definition) is 2. The van der Waals surface area contributed by atoms with E-state index in [1.807, 2.05) is 37.3 Å². The molecule has 0 atom stereocenters. The van der Waals surface area contributed by atoms with Crippen LogP contribution in [0, 0.1) is 0 Å². The highest BCUT2D eigenvalue weighted by Crippen LogP contribution is 2.17. The molecule has 0 aliphatic heterocycles. The third-order valence-electron chi connectivity index (χ3n) is 2.87. The summed E-state index contributed by atoms with van der Waals surface area (Å²) in [7, 11) is 1.73. The number of aromatic nitrogens is 1. The monoisotopic (exact) mass is 416 g/mol. The molecule has 0 spiro atoms. The SMILES string of the molecule is CCOc1ccccc1CNC(=NC)NCc1ccon1.I. The highest BCUT2D eigenvalue weighted by atomic mass is 127. The fraction of sp³-hybridized carbons (Fsp3) is 0.333. The molecule has 1 aromatic carbocycles. The Bertz CT molecular complexity index is 573. The molecule has 0 radical (unpaired) electrons. The van der Waals surface area contributed by atoms with Crippen molar-refractivity contribution in [1.29, 1.82) is 0 Å². The summed E-state index contributed by atoms with van der Waals surface area (Å²) in [5.41, 5.74) is 1.91. The molecule has 7 heteroatoms. The van der Waals surface area contributed by atoms with E-state index in [9.17, 15) is 0 Å². The van der Waals surface area contributed by atoms with E-state index in [1.54, 1.807) is 13.3 Å². The minimum atomic E-state index is 0. The van der Waals surface area contributed by atoms with Crippen molar-refractivity contribution in [2.75, 3.05) is 13.7 Å². The second kappa shape index (κ2) is 10.0. The first-order valence-electron chi connectivity index (χ1n) is 6.88. The topological polar surface area (TPSA) is 71.7 Å². The number of halogens is 1. The van der Waals surface area contributed by atoms with Crippen molar-refractivity contribution in [2.24, 2.45) is 4.99 Å². The summed E-state index contributed by atoms with van der Waals surface area (Å²) in [4.78, 5) is 4.17. The van der Waals surface area contributed by atoms with E-state index in [-0.39, 0.29) is 24.0 Å². The second-order valence-corrected chi connectivity index (χ2v) is 4.31. The van der Waals surface area contributed by atoms with Gasteiger partial charge in [-0.3, -0.25) is 4.99 Å². The molecule has 22 heavy (non-hydrogen) atoms. The highest BCUT2D eigenvalue weighted by Gasteiger charge is 2.04. The number of nitrogens with zero attached hydrogens (tertiary/aromatic N) is 2. The van der Waals surface area contributed by atoms with Crippen molar-refractivity contribution in [3.8, 4) is 5.75 Å². The van der Waals surface area contributed by atoms with Gasteiger partial charge in [0.05, 0.1) is 13.2 Å². The first kappa shape index (κ1) is 18.3. The molecule has 120 valence electrons. The van der Waals surface area contributed by atoms with Crippen LogP contribution in [0.2, 0.25) is 0 Å². The lowest BCUT2D eigenvalue weighted by molar-refractivity contribution is 0.336. The van der Waals surface area contributed by atoms with Crippen molar-refractivity contribution in [3.05, 3.63) is 47.9 Å². The van der Waals surface area contributed by atoms with E-state index in [0.29, 0.717) is 25.7 Å². The number of rotatable bonds is 6. The molecule has 0 saturated carbocycles. The van der Waals surface area contributed by atoms with E-state index in [0.717, 1.165) is 17.0 Å². The molecule has 2 N–H and O–H groups in total. The summed E-state index contributed by atoms with van der Waals surface area (Å²) in [6.45, 7) is 3.82. The maximum absolute atomic E-state index is 5.60. The molecule has 0 unspecified atom stereocenters. The van der Waals surface area contributed by atoms with Gasteiger partial charge < -0.3 is 19.9 Å². The van der Waals surface area contributed by atoms with Gasteiger partial charge in [0, 0.05) is 25.2 Å². The third kappa shape index (κ3) is 5.55. The van der Waals surface area contributed by atoms with Gasteiger partial charge in [-0.25, -0.2) is 0 Å². The van der Waals surface area contributed by atoms with E-state index < -0.39 is 0 Å². The van der Waals surface area contributed by atoms with Crippen molar-refractivity contribution in [2.45, 2.75) is 20.0 Å². The molecule has 0 bridgehead atoms. The number of nitrogens with one attached hydrogen (secondary N) is 2. The van der Waals surface area contributed by atoms with E-state index in [1.165, 1.54) is 0 Å². The van der Waals surface area contributed by atoms with Crippen molar-refractivity contribution < 1.29 is 9.26 Å². The maximum Gasteiger partial charge on any atom is 0.191 e. The number of ether oxygens (including phenoxy) is 1. The fourth-order valence-electron chi connectivity index (χ4n) is 1.85. The first-order chi connectivity index (χ1) is 10.3. The summed E-state index contributed by atoms with van der Waals surface area (Å²) in [5, 5.41) is 10.3. The zero-order valence-electron chi connectivity index (χ0n) is 12.7. The highest BCUT2D eigenvalue weighted by molar-refractivity contribution is 14.0. The number of hydrogen-bond acceptors (Lipinski definition) is 4. The smallest absolute Gasteiger partial charge is 0.191 e. The van der Waals surface area contributed by atoms with Crippen LogP contribution in [0.25, 0.3) is 0 Å². The summed E-state index contributed by atoms with van der Waals surface area (Å²) in [5.74, 6) is 1.59. The molecule has 0 saturated heterocycles. The fourth-order valence-corrected chi connectivity index (χ4v) is 1.85. The lowest BCUT2D eigenvalue weighted by atomic mass is 10.2. The minimum Gasteiger partial charge on any atom is -0.494 e. The molecular formula is C15H21IN4O2. The third-order valence-corrected chi connectivity index (χ3v) is 2.87. The predicted octanol–water partition coefficient (Wildman–Crippen LogP) is 2.56. The Kier molecular flexibility index (Phi) is 8.34. The molecule has 2 aromatic rings. The quantitative estimate of drug-likeness (QED) is 0.430. The second-order valence-electron chi connectivity index (χ2n) is 4.31. The van der Waals surface area contributed by atoms with Gasteiger partial charge in [0.25, 0.3) is 0 Å². The van der Waals surface area contributed by atoms with Gasteiger partial charge in [-0.15, -0.1) is 24.0 Å². The molecule has 0 aliphatic carbocycles. The Labute approximate surface area is 147 Å². The number of aliphatic imine (C=N–C) groups is 1. The Morgan fingerprint density at radius 2 is 2.00 bits per heavy atom. The van der Waals surface area contributed by atoms with E-state index in [4.69, 9.17) is 9.26 Å². The summed E-state index contributed by atoms with van der Waals surface area (Å²) in [6, 6.07) is 9.76. The van der Waals surface area contributed by atoms with Gasteiger partial charge in [-0.1, -0.05) is 23.4 Å². The Hall–Kier alpha value is -1.77. The molecule has 6 nitrogen and oxygen atoms in total. The summed E-state index contributed by atoms with van der Waals surface area (Å²) in [6.07, 6.45) is 1.55. The van der Waals surface area contributed by atoms with Gasteiger partial charge in [0.15, 0.2) is 5.96 Å². The van der Waals surface area contributed by atoms with Crippen LogP contribution in [0.3, 0.4) is 0 Å². The number of guanidine groups is 1. The standard InChI is InChI=1S/C15H20N4O2.HI/c1-3-20-14-7-5-4-6-12(14)10-17-15(16-2)18-11-13-8-9-21-19-13;/h4-9H,3,10-11H2,1-2H3,(H2,16,17,18);1H. The van der Waals surface area contributed by atoms with Crippen molar-refractivity contribution >= 4 is 29.9 Å². The average molecular weight is 416 g/mol. The molecular weight excluding hydrogens is 395 g/mol. The zero-order chi connectivity index (χ0) is 14.9. The molecule has 0 amide bonds. The van der Waals surface area contributed by atoms with Crippen LogP contribution in [0.5, 0.6) is 5.75 Å². The lowest BCUT2D eigenvalue weighted by Crippen LogP contribution is -2.36. The van der Waals surface area contributed by atoms with E-state index >= 15 is 0 Å². The molecule has 0 aliphatic rings. The zero-order valence-corrected chi connectivity index (χ0v) is 15.0. The van der Waals surface area contributed by atoms with Crippen molar-refractivity contribution in [3.63, 3.8) is 0 Å². The normalized spacial score (nSPS) is 10.7. The van der Waals surface area contributed by atoms with Crippen LogP contribution in [-0.2, 0) is 13.1 Å². The predicted molar refractivity (Wildman–Crippen MR) is 96.6 cm³/mol. The van der Waals surface area contributed by atoms with Gasteiger partial charge >= 0.3 is 0 Å². The van der Waals surface area contributed by atoms with Crippen molar-refractivity contribution in [1.82, 2.24) is 15.8 Å². The molecule has 0 fully saturated rings. The minimum absolute atomic E-state index is 0. The number of benzene rings is 1. The van der Waals surface area contributed by atoms with Gasteiger partial charge in [-0.05, 0) is 13.0 Å². The van der Waals surface area contributed by atoms with Crippen LogP contribution in [0.1, 0.15) is 18.2 Å². The van der Waals surface area contributed by atoms with Gasteiger partial charge in [0.2, 0.25) is 0 Å². The first-order valence-corrected chi connectivity index (χ1v) is 6.88. The molecule has 1 heterocycles. The summed E-state index contributed by atoms with van der Waals surface area (Å²) >= 11 is 0. The van der Waals surface area contributed by atoms with Crippen LogP contribution >= 0.6 is 24.0 Å². The molecule has 1 aromatic heterocycles. The Morgan fingerprint density at radius 1 is 1.23 bits per heavy atom. The average Bonchev–Trinajstić information content (AvgIpc) is 3.02. The number of para-hydroxylation sites is 1. The van der Waals surface area contributed by atoms with Crippen LogP contribution in [0.15, 0.2) is 46.1 Å². The van der Waals surface area contributed by atoms with Gasteiger partial charge in [0.1, 0.15) is 17.7 Å². The van der Waals surface area contributed by atoms with Crippen LogP contribution < -0.4 is 15.4 Å². The molecule has 2 rings (SSSR count). The summed E-state index contributed by atoms with van der Waals surface area (Å²) < 4.78 is 10.4. The van der Waals surface area contributed by atoms with Crippen LogP contribution in [-0.4, -0.2) is 24.8 Å². The van der Waals surface area contributed by atoms with Crippen LogP contribution in [0.4, 0.5) is 0 Å². The van der Waals surface area contributed by atoms with Gasteiger partial charge in [-0.2, -0.15) is 0 Å². The Balaban J connectivity index is 0.00000242.